The van der Waals surface area contributed by atoms with Crippen LogP contribution < -0.4 is 4.31 Å². The molecule has 0 saturated heterocycles. The summed E-state index contributed by atoms with van der Waals surface area (Å²) in [6.45, 7) is 0. The first-order chi connectivity index (χ1) is 12.0. The van der Waals surface area contributed by atoms with E-state index in [4.69, 9.17) is 11.6 Å². The lowest BCUT2D eigenvalue weighted by Crippen LogP contribution is -2.39. The summed E-state index contributed by atoms with van der Waals surface area (Å²) >= 11 is 5.86. The van der Waals surface area contributed by atoms with Gasteiger partial charge < -0.3 is 0 Å². The Labute approximate surface area is 150 Å². The van der Waals surface area contributed by atoms with E-state index >= 15 is 0 Å². The van der Waals surface area contributed by atoms with E-state index in [1.54, 1.807) is 42.5 Å². The third-order valence-corrected chi connectivity index (χ3v) is 6.10. The van der Waals surface area contributed by atoms with Crippen LogP contribution in [0.3, 0.4) is 0 Å². The standard InChI is InChI=1S/C19H12ClNO3S/c20-14-11-9-13(10-12-14)19(22)21-17-7-3-1-5-15(17)16-6-2-4-8-18(16)25(21,23)24/h1-12H. The number of amides is 1. The highest BCUT2D eigenvalue weighted by Crippen LogP contribution is 2.43. The van der Waals surface area contributed by atoms with Crippen LogP contribution in [0.5, 0.6) is 0 Å². The van der Waals surface area contributed by atoms with Crippen LogP contribution in [0.25, 0.3) is 11.1 Å². The molecule has 0 radical (unpaired) electrons. The maximum absolute atomic E-state index is 13.1. The summed E-state index contributed by atoms with van der Waals surface area (Å²) < 4.78 is 27.1. The van der Waals surface area contributed by atoms with E-state index in [0.717, 1.165) is 4.31 Å². The number of halogens is 1. The molecule has 0 bridgehead atoms. The zero-order chi connectivity index (χ0) is 17.6. The number of carbonyl (C=O) groups is 1. The van der Waals surface area contributed by atoms with Crippen molar-refractivity contribution in [2.24, 2.45) is 0 Å². The fourth-order valence-corrected chi connectivity index (χ4v) is 4.72. The predicted molar refractivity (Wildman–Crippen MR) is 97.3 cm³/mol. The van der Waals surface area contributed by atoms with E-state index in [0.29, 0.717) is 21.8 Å². The normalized spacial score (nSPS) is 14.5. The van der Waals surface area contributed by atoms with E-state index in [1.807, 2.05) is 12.1 Å². The van der Waals surface area contributed by atoms with Crippen LogP contribution in [0.15, 0.2) is 77.7 Å². The Morgan fingerprint density at radius 3 is 2.12 bits per heavy atom. The summed E-state index contributed by atoms with van der Waals surface area (Å²) in [5, 5.41) is 0.476. The molecule has 124 valence electrons. The first kappa shape index (κ1) is 15.9. The van der Waals surface area contributed by atoms with Crippen LogP contribution >= 0.6 is 11.6 Å². The molecule has 0 N–H and O–H groups in total. The van der Waals surface area contributed by atoms with Crippen LogP contribution in [-0.2, 0) is 10.0 Å². The van der Waals surface area contributed by atoms with Crippen LogP contribution in [0.1, 0.15) is 10.4 Å². The molecule has 3 aromatic carbocycles. The van der Waals surface area contributed by atoms with E-state index in [1.165, 1.54) is 18.2 Å². The van der Waals surface area contributed by atoms with Crippen LogP contribution in [0.2, 0.25) is 5.02 Å². The van der Waals surface area contributed by atoms with E-state index < -0.39 is 15.9 Å². The molecule has 3 aromatic rings. The Morgan fingerprint density at radius 2 is 1.40 bits per heavy atom. The monoisotopic (exact) mass is 369 g/mol. The van der Waals surface area contributed by atoms with Crippen molar-refractivity contribution in [2.75, 3.05) is 4.31 Å². The topological polar surface area (TPSA) is 54.5 Å². The quantitative estimate of drug-likeness (QED) is 0.640. The van der Waals surface area contributed by atoms with Gasteiger partial charge >= 0.3 is 0 Å². The number of hydrogen-bond acceptors (Lipinski definition) is 3. The maximum atomic E-state index is 13.1. The van der Waals surface area contributed by atoms with Gasteiger partial charge in [-0.2, -0.15) is 4.31 Å². The van der Waals surface area contributed by atoms with Gasteiger partial charge in [0.25, 0.3) is 15.9 Å². The molecule has 1 aliphatic heterocycles. The second kappa shape index (κ2) is 5.72. The number of rotatable bonds is 1. The zero-order valence-electron chi connectivity index (χ0n) is 12.9. The van der Waals surface area contributed by atoms with Gasteiger partial charge in [0.05, 0.1) is 10.6 Å². The smallest absolute Gasteiger partial charge is 0.268 e. The highest BCUT2D eigenvalue weighted by atomic mass is 35.5. The fourth-order valence-electron chi connectivity index (χ4n) is 2.95. The van der Waals surface area contributed by atoms with Gasteiger partial charge in [0, 0.05) is 21.7 Å². The molecule has 1 heterocycles. The first-order valence-electron chi connectivity index (χ1n) is 7.54. The summed E-state index contributed by atoms with van der Waals surface area (Å²) in [6, 6.07) is 19.8. The molecule has 0 saturated carbocycles. The van der Waals surface area contributed by atoms with Crippen molar-refractivity contribution in [1.82, 2.24) is 0 Å². The summed E-state index contributed by atoms with van der Waals surface area (Å²) in [4.78, 5) is 13.1. The van der Waals surface area contributed by atoms with Gasteiger partial charge in [-0.05, 0) is 36.4 Å². The van der Waals surface area contributed by atoms with Gasteiger partial charge in [-0.25, -0.2) is 8.42 Å². The lowest BCUT2D eigenvalue weighted by molar-refractivity contribution is 0.101. The molecule has 6 heteroatoms. The number of anilines is 1. The minimum Gasteiger partial charge on any atom is -0.268 e. The maximum Gasteiger partial charge on any atom is 0.272 e. The second-order valence-electron chi connectivity index (χ2n) is 5.59. The van der Waals surface area contributed by atoms with Crippen molar-refractivity contribution >= 4 is 33.2 Å². The fraction of sp³-hybridized carbons (Fsp3) is 0. The zero-order valence-corrected chi connectivity index (χ0v) is 14.5. The number of sulfonamides is 1. The van der Waals surface area contributed by atoms with Gasteiger partial charge in [-0.3, -0.25) is 4.79 Å². The molecular formula is C19H12ClNO3S. The number of benzene rings is 3. The van der Waals surface area contributed by atoms with Crippen LogP contribution in [0.4, 0.5) is 5.69 Å². The Hall–Kier alpha value is -2.63. The first-order valence-corrected chi connectivity index (χ1v) is 9.35. The molecule has 0 spiro atoms. The lowest BCUT2D eigenvalue weighted by Gasteiger charge is -2.30. The Morgan fingerprint density at radius 1 is 0.800 bits per heavy atom. The number of hydrogen-bond donors (Lipinski definition) is 0. The minimum absolute atomic E-state index is 0.121. The summed E-state index contributed by atoms with van der Waals surface area (Å²) in [5.74, 6) is -0.612. The Kier molecular flexibility index (Phi) is 3.63. The second-order valence-corrected chi connectivity index (χ2v) is 7.79. The average Bonchev–Trinajstić information content (AvgIpc) is 2.62. The van der Waals surface area contributed by atoms with Gasteiger partial charge in [0.1, 0.15) is 0 Å². The predicted octanol–water partition coefficient (Wildman–Crippen LogP) is 4.36. The summed E-state index contributed by atoms with van der Waals surface area (Å²) in [6.07, 6.45) is 0. The van der Waals surface area contributed by atoms with Crippen molar-refractivity contribution < 1.29 is 13.2 Å². The average molecular weight is 370 g/mol. The number of fused-ring (bicyclic) bond motifs is 3. The van der Waals surface area contributed by atoms with Crippen molar-refractivity contribution in [3.05, 3.63) is 83.4 Å². The molecular weight excluding hydrogens is 358 g/mol. The van der Waals surface area contributed by atoms with Gasteiger partial charge in [-0.15, -0.1) is 0 Å². The number of carbonyl (C=O) groups excluding carboxylic acids is 1. The third-order valence-electron chi connectivity index (χ3n) is 4.09. The van der Waals surface area contributed by atoms with Gasteiger partial charge in [0.2, 0.25) is 0 Å². The largest absolute Gasteiger partial charge is 0.272 e. The van der Waals surface area contributed by atoms with Crippen LogP contribution in [-0.4, -0.2) is 14.3 Å². The summed E-state index contributed by atoms with van der Waals surface area (Å²) in [7, 11) is -4.00. The van der Waals surface area contributed by atoms with Crippen molar-refractivity contribution in [3.63, 3.8) is 0 Å². The summed E-state index contributed by atoms with van der Waals surface area (Å²) in [5.41, 5.74) is 1.90. The molecule has 4 nitrogen and oxygen atoms in total. The van der Waals surface area contributed by atoms with Gasteiger partial charge in [-0.1, -0.05) is 48.0 Å². The molecule has 0 aliphatic carbocycles. The van der Waals surface area contributed by atoms with Crippen molar-refractivity contribution in [1.29, 1.82) is 0 Å². The molecule has 4 rings (SSSR count). The van der Waals surface area contributed by atoms with Crippen LogP contribution in [0, 0.1) is 0 Å². The molecule has 1 amide bonds. The molecule has 1 aliphatic rings. The number of nitrogens with zero attached hydrogens (tertiary/aromatic N) is 1. The minimum atomic E-state index is -4.00. The third kappa shape index (κ3) is 2.44. The Bertz CT molecular complexity index is 1090. The highest BCUT2D eigenvalue weighted by molar-refractivity contribution is 7.93. The molecule has 0 unspecified atom stereocenters. The van der Waals surface area contributed by atoms with Crippen molar-refractivity contribution in [3.8, 4) is 11.1 Å². The van der Waals surface area contributed by atoms with E-state index in [2.05, 4.69) is 0 Å². The lowest BCUT2D eigenvalue weighted by atomic mass is 10.0. The van der Waals surface area contributed by atoms with Crippen molar-refractivity contribution in [2.45, 2.75) is 4.90 Å². The molecule has 0 aromatic heterocycles. The highest BCUT2D eigenvalue weighted by Gasteiger charge is 2.38. The molecule has 0 atom stereocenters. The Balaban J connectivity index is 1.97. The SMILES string of the molecule is O=C(c1ccc(Cl)cc1)N1c2ccccc2-c2ccccc2S1(=O)=O. The molecule has 25 heavy (non-hydrogen) atoms. The molecule has 0 fully saturated rings. The van der Waals surface area contributed by atoms with E-state index in [-0.39, 0.29) is 10.5 Å². The van der Waals surface area contributed by atoms with E-state index in [9.17, 15) is 13.2 Å². The van der Waals surface area contributed by atoms with Gasteiger partial charge in [0.15, 0.2) is 0 Å². The number of para-hydroxylation sites is 1.